The Morgan fingerprint density at radius 1 is 1.35 bits per heavy atom. The van der Waals surface area contributed by atoms with E-state index in [-0.39, 0.29) is 17.9 Å². The van der Waals surface area contributed by atoms with Crippen LogP contribution in [-0.4, -0.2) is 14.7 Å². The van der Waals surface area contributed by atoms with Crippen molar-refractivity contribution in [1.29, 1.82) is 0 Å². The van der Waals surface area contributed by atoms with Crippen LogP contribution in [0.5, 0.6) is 0 Å². The molecule has 0 radical (unpaired) electrons. The number of rotatable bonds is 3. The van der Waals surface area contributed by atoms with E-state index in [1.807, 2.05) is 0 Å². The van der Waals surface area contributed by atoms with Crippen molar-refractivity contribution in [1.82, 2.24) is 9.55 Å². The third kappa shape index (κ3) is 2.77. The molecule has 1 aromatic heterocycles. The third-order valence-corrected chi connectivity index (χ3v) is 3.48. The van der Waals surface area contributed by atoms with Crippen LogP contribution in [0, 0.1) is 26.6 Å². The van der Waals surface area contributed by atoms with Gasteiger partial charge in [-0.1, -0.05) is 6.07 Å². The van der Waals surface area contributed by atoms with Gasteiger partial charge in [-0.25, -0.2) is 9.37 Å². The minimum atomic E-state index is -0.878. The normalized spacial score (nSPS) is 12.4. The molecule has 2 rings (SSSR count). The molecule has 4 nitrogen and oxygen atoms in total. The van der Waals surface area contributed by atoms with Crippen LogP contribution in [-0.2, 0) is 6.54 Å². The van der Waals surface area contributed by atoms with E-state index in [0.717, 1.165) is 0 Å². The Morgan fingerprint density at radius 3 is 2.70 bits per heavy atom. The van der Waals surface area contributed by atoms with E-state index < -0.39 is 6.10 Å². The zero-order valence-electron chi connectivity index (χ0n) is 11.7. The van der Waals surface area contributed by atoms with Crippen LogP contribution < -0.4 is 5.56 Å². The van der Waals surface area contributed by atoms with E-state index in [1.165, 1.54) is 29.1 Å². The molecule has 20 heavy (non-hydrogen) atoms. The summed E-state index contributed by atoms with van der Waals surface area (Å²) in [4.78, 5) is 16.2. The van der Waals surface area contributed by atoms with Gasteiger partial charge in [0, 0.05) is 11.3 Å². The number of hydrogen-bond acceptors (Lipinski definition) is 3. The Kier molecular flexibility index (Phi) is 3.99. The monoisotopic (exact) mass is 276 g/mol. The summed E-state index contributed by atoms with van der Waals surface area (Å²) in [5.41, 5.74) is 2.34. The average Bonchev–Trinajstić information content (AvgIpc) is 2.39. The van der Waals surface area contributed by atoms with Gasteiger partial charge in [-0.15, -0.1) is 0 Å². The van der Waals surface area contributed by atoms with Gasteiger partial charge in [0.15, 0.2) is 0 Å². The predicted molar refractivity (Wildman–Crippen MR) is 74.1 cm³/mol. The van der Waals surface area contributed by atoms with Gasteiger partial charge in [0.25, 0.3) is 5.56 Å². The first-order chi connectivity index (χ1) is 9.40. The van der Waals surface area contributed by atoms with Gasteiger partial charge in [-0.3, -0.25) is 9.36 Å². The zero-order valence-corrected chi connectivity index (χ0v) is 11.7. The summed E-state index contributed by atoms with van der Waals surface area (Å²) >= 11 is 0. The van der Waals surface area contributed by atoms with Crippen LogP contribution in [0.1, 0.15) is 28.5 Å². The summed E-state index contributed by atoms with van der Waals surface area (Å²) in [6.07, 6.45) is 0.546. The number of nitrogens with zero attached hydrogens (tertiary/aromatic N) is 2. The lowest BCUT2D eigenvalue weighted by Crippen LogP contribution is -2.26. The Labute approximate surface area is 116 Å². The molecule has 0 aliphatic carbocycles. The Morgan fingerprint density at radius 2 is 2.05 bits per heavy atom. The Bertz CT molecular complexity index is 695. The molecule has 0 saturated carbocycles. The van der Waals surface area contributed by atoms with Gasteiger partial charge in [-0.2, -0.15) is 0 Å². The maximum Gasteiger partial charge on any atom is 0.256 e. The Hall–Kier alpha value is -2.01. The number of aryl methyl sites for hydroxylation is 2. The van der Waals surface area contributed by atoms with E-state index in [0.29, 0.717) is 22.4 Å². The quantitative estimate of drug-likeness (QED) is 0.933. The lowest BCUT2D eigenvalue weighted by molar-refractivity contribution is 0.153. The SMILES string of the molecule is Cc1cc(F)ccc1[C@@H](O)Cn1cnc(C)c(C)c1=O. The molecule has 0 spiro atoms. The molecule has 0 unspecified atom stereocenters. The van der Waals surface area contributed by atoms with Gasteiger partial charge in [0.2, 0.25) is 0 Å². The van der Waals surface area contributed by atoms with Crippen molar-refractivity contribution in [3.05, 3.63) is 63.1 Å². The number of aliphatic hydroxyl groups is 1. The summed E-state index contributed by atoms with van der Waals surface area (Å²) in [7, 11) is 0. The summed E-state index contributed by atoms with van der Waals surface area (Å²) in [6.45, 7) is 5.29. The van der Waals surface area contributed by atoms with E-state index in [1.54, 1.807) is 20.8 Å². The molecule has 5 heteroatoms. The lowest BCUT2D eigenvalue weighted by atomic mass is 10.0. The zero-order chi connectivity index (χ0) is 14.9. The fraction of sp³-hybridized carbons (Fsp3) is 0.333. The summed E-state index contributed by atoms with van der Waals surface area (Å²) < 4.78 is 14.4. The molecule has 1 N–H and O–H groups in total. The van der Waals surface area contributed by atoms with Crippen molar-refractivity contribution >= 4 is 0 Å². The molecule has 0 fully saturated rings. The van der Waals surface area contributed by atoms with Crippen LogP contribution in [0.15, 0.2) is 29.3 Å². The molecule has 0 amide bonds. The van der Waals surface area contributed by atoms with Crippen LogP contribution in [0.3, 0.4) is 0 Å². The highest BCUT2D eigenvalue weighted by molar-refractivity contribution is 5.28. The van der Waals surface area contributed by atoms with Crippen molar-refractivity contribution in [2.24, 2.45) is 0 Å². The molecule has 1 heterocycles. The van der Waals surface area contributed by atoms with E-state index >= 15 is 0 Å². The standard InChI is InChI=1S/C15H17FN2O2/c1-9-6-12(16)4-5-13(9)14(19)7-18-8-17-11(3)10(2)15(18)20/h4-6,8,14,19H,7H2,1-3H3/t14-/m0/s1. The first-order valence-corrected chi connectivity index (χ1v) is 6.37. The van der Waals surface area contributed by atoms with Gasteiger partial charge in [0.1, 0.15) is 5.82 Å². The van der Waals surface area contributed by atoms with E-state index in [9.17, 15) is 14.3 Å². The van der Waals surface area contributed by atoms with Gasteiger partial charge in [-0.05, 0) is 44.0 Å². The van der Waals surface area contributed by atoms with Crippen LogP contribution >= 0.6 is 0 Å². The first-order valence-electron chi connectivity index (χ1n) is 6.37. The highest BCUT2D eigenvalue weighted by atomic mass is 19.1. The van der Waals surface area contributed by atoms with Crippen molar-refractivity contribution in [3.63, 3.8) is 0 Å². The number of aromatic nitrogens is 2. The average molecular weight is 276 g/mol. The third-order valence-electron chi connectivity index (χ3n) is 3.48. The van der Waals surface area contributed by atoms with Gasteiger partial charge < -0.3 is 5.11 Å². The molecule has 0 bridgehead atoms. The lowest BCUT2D eigenvalue weighted by Gasteiger charge is -2.15. The highest BCUT2D eigenvalue weighted by Crippen LogP contribution is 2.19. The van der Waals surface area contributed by atoms with Crippen molar-refractivity contribution in [3.8, 4) is 0 Å². The summed E-state index contributed by atoms with van der Waals surface area (Å²) in [6, 6.07) is 4.20. The maximum absolute atomic E-state index is 13.1. The highest BCUT2D eigenvalue weighted by Gasteiger charge is 2.13. The number of aliphatic hydroxyl groups excluding tert-OH is 1. The summed E-state index contributed by atoms with van der Waals surface area (Å²) in [5.74, 6) is -0.344. The first kappa shape index (κ1) is 14.4. The van der Waals surface area contributed by atoms with Crippen molar-refractivity contribution < 1.29 is 9.50 Å². The molecule has 0 aliphatic rings. The Balaban J connectivity index is 2.30. The number of benzene rings is 1. The predicted octanol–water partition coefficient (Wildman–Crippen LogP) is 2.04. The summed E-state index contributed by atoms with van der Waals surface area (Å²) in [5, 5.41) is 10.2. The molecule has 1 aromatic carbocycles. The molecular weight excluding hydrogens is 259 g/mol. The smallest absolute Gasteiger partial charge is 0.256 e. The molecule has 0 aliphatic heterocycles. The molecule has 0 saturated heterocycles. The molecular formula is C15H17FN2O2. The minimum absolute atomic E-state index is 0.0967. The van der Waals surface area contributed by atoms with Crippen LogP contribution in [0.2, 0.25) is 0 Å². The molecule has 2 aromatic rings. The van der Waals surface area contributed by atoms with E-state index in [4.69, 9.17) is 0 Å². The minimum Gasteiger partial charge on any atom is -0.387 e. The van der Waals surface area contributed by atoms with Crippen molar-refractivity contribution in [2.45, 2.75) is 33.4 Å². The van der Waals surface area contributed by atoms with Gasteiger partial charge in [0.05, 0.1) is 19.0 Å². The fourth-order valence-electron chi connectivity index (χ4n) is 2.10. The second kappa shape index (κ2) is 5.54. The molecule has 1 atom stereocenters. The largest absolute Gasteiger partial charge is 0.387 e. The maximum atomic E-state index is 13.1. The van der Waals surface area contributed by atoms with E-state index in [2.05, 4.69) is 4.98 Å². The van der Waals surface area contributed by atoms with Crippen LogP contribution in [0.25, 0.3) is 0 Å². The second-order valence-electron chi connectivity index (χ2n) is 4.93. The topological polar surface area (TPSA) is 55.1 Å². The number of halogens is 1. The van der Waals surface area contributed by atoms with Crippen molar-refractivity contribution in [2.75, 3.05) is 0 Å². The second-order valence-corrected chi connectivity index (χ2v) is 4.93. The fourth-order valence-corrected chi connectivity index (χ4v) is 2.10. The van der Waals surface area contributed by atoms with Gasteiger partial charge >= 0.3 is 0 Å². The van der Waals surface area contributed by atoms with Crippen LogP contribution in [0.4, 0.5) is 4.39 Å². The number of hydrogen-bond donors (Lipinski definition) is 1. The molecule has 106 valence electrons.